The Hall–Kier alpha value is -0.440. The molecule has 0 spiro atoms. The molecule has 0 aromatic heterocycles. The highest BCUT2D eigenvalue weighted by molar-refractivity contribution is 8.93. The number of hydrogen-bond acceptors (Lipinski definition) is 2. The lowest BCUT2D eigenvalue weighted by Gasteiger charge is -2.18. The van der Waals surface area contributed by atoms with Gasteiger partial charge in [-0.25, -0.2) is 0 Å². The topological polar surface area (TPSA) is 6.48 Å². The quantitative estimate of drug-likeness (QED) is 0.391. The first-order chi connectivity index (χ1) is 9.86. The van der Waals surface area contributed by atoms with Crippen LogP contribution in [-0.2, 0) is 0 Å². The van der Waals surface area contributed by atoms with Crippen LogP contribution in [0.25, 0.3) is 0 Å². The van der Waals surface area contributed by atoms with Crippen LogP contribution in [0.5, 0.6) is 0 Å². The summed E-state index contributed by atoms with van der Waals surface area (Å²) in [5.74, 6) is 0. The number of rotatable bonds is 12. The molecule has 1 aliphatic rings. The van der Waals surface area contributed by atoms with Gasteiger partial charge in [-0.05, 0) is 13.3 Å². The van der Waals surface area contributed by atoms with E-state index in [1.165, 1.54) is 70.8 Å². The minimum Gasteiger partial charge on any atom is -0.358 e. The number of allylic oxidation sites excluding steroid dienone is 1. The van der Waals surface area contributed by atoms with Crippen molar-refractivity contribution in [2.24, 2.45) is 0 Å². The van der Waals surface area contributed by atoms with Crippen molar-refractivity contribution in [1.29, 1.82) is 0 Å². The molecule has 0 saturated heterocycles. The first kappa shape index (κ1) is 20.6. The Morgan fingerprint density at radius 3 is 2.00 bits per heavy atom. The van der Waals surface area contributed by atoms with Gasteiger partial charge in [-0.15, -0.1) is 17.0 Å². The van der Waals surface area contributed by atoms with Crippen molar-refractivity contribution < 1.29 is 0 Å². The number of unbranched alkanes of at least 4 members (excludes halogenated alkanes) is 9. The number of halogens is 1. The predicted octanol–water partition coefficient (Wildman–Crippen LogP) is 6.07. The minimum absolute atomic E-state index is 0. The largest absolute Gasteiger partial charge is 0.358 e. The molecule has 0 aromatic rings. The summed E-state index contributed by atoms with van der Waals surface area (Å²) in [7, 11) is 0. The second-order valence-electron chi connectivity index (χ2n) is 5.93. The molecule has 0 aromatic carbocycles. The van der Waals surface area contributed by atoms with E-state index in [1.807, 2.05) is 0 Å². The van der Waals surface area contributed by atoms with Crippen molar-refractivity contribution in [3.63, 3.8) is 0 Å². The molecular formula is C18H35BrN2. The molecule has 0 radical (unpaired) electrons. The van der Waals surface area contributed by atoms with Crippen LogP contribution < -0.4 is 0 Å². The lowest BCUT2D eigenvalue weighted by Crippen LogP contribution is -2.22. The Balaban J connectivity index is 0.00000400. The van der Waals surface area contributed by atoms with Crippen molar-refractivity contribution >= 4 is 17.0 Å². The van der Waals surface area contributed by atoms with Gasteiger partial charge in [0.15, 0.2) is 0 Å². The van der Waals surface area contributed by atoms with Crippen LogP contribution in [0.1, 0.15) is 78.1 Å². The summed E-state index contributed by atoms with van der Waals surface area (Å²) in [5.41, 5.74) is 0. The van der Waals surface area contributed by atoms with Gasteiger partial charge in [0.2, 0.25) is 0 Å². The van der Waals surface area contributed by atoms with E-state index in [0.29, 0.717) is 0 Å². The third-order valence-electron chi connectivity index (χ3n) is 3.95. The highest BCUT2D eigenvalue weighted by Gasteiger charge is 2.08. The molecular weight excluding hydrogens is 324 g/mol. The van der Waals surface area contributed by atoms with E-state index in [2.05, 4.69) is 48.3 Å². The number of nitrogens with zero attached hydrogens (tertiary/aromatic N) is 2. The molecule has 1 rings (SSSR count). The van der Waals surface area contributed by atoms with Gasteiger partial charge in [0.05, 0.1) is 6.67 Å². The summed E-state index contributed by atoms with van der Waals surface area (Å²) in [6.07, 6.45) is 22.8. The predicted molar refractivity (Wildman–Crippen MR) is 99.5 cm³/mol. The monoisotopic (exact) mass is 358 g/mol. The zero-order valence-corrected chi connectivity index (χ0v) is 15.8. The molecule has 0 aliphatic carbocycles. The normalized spacial score (nSPS) is 14.2. The first-order valence-electron chi connectivity index (χ1n) is 8.67. The lowest BCUT2D eigenvalue weighted by atomic mass is 10.1. The van der Waals surface area contributed by atoms with E-state index in [9.17, 15) is 0 Å². The van der Waals surface area contributed by atoms with Gasteiger partial charge in [-0.1, -0.05) is 70.8 Å². The highest BCUT2D eigenvalue weighted by atomic mass is 79.9. The first-order valence-corrected chi connectivity index (χ1v) is 8.67. The maximum absolute atomic E-state index is 2.41. The van der Waals surface area contributed by atoms with Gasteiger partial charge in [0, 0.05) is 25.1 Å². The van der Waals surface area contributed by atoms with Crippen molar-refractivity contribution in [2.75, 3.05) is 13.2 Å². The van der Waals surface area contributed by atoms with Crippen molar-refractivity contribution in [3.8, 4) is 0 Å². The van der Waals surface area contributed by atoms with Crippen molar-refractivity contribution in [1.82, 2.24) is 9.80 Å². The molecule has 3 heteroatoms. The molecule has 1 heterocycles. The van der Waals surface area contributed by atoms with E-state index in [0.717, 1.165) is 6.67 Å². The summed E-state index contributed by atoms with van der Waals surface area (Å²) in [6.45, 7) is 6.59. The maximum Gasteiger partial charge on any atom is 0.0935 e. The van der Waals surface area contributed by atoms with E-state index in [1.54, 1.807) is 0 Å². The molecule has 0 fully saturated rings. The SMILES string of the molecule is Br.CC=CN1C=CN(CCCCCCCCCCCC)C1. The average molecular weight is 359 g/mol. The zero-order valence-electron chi connectivity index (χ0n) is 14.1. The third kappa shape index (κ3) is 10.9. The van der Waals surface area contributed by atoms with Gasteiger partial charge >= 0.3 is 0 Å². The molecule has 0 N–H and O–H groups in total. The Morgan fingerprint density at radius 2 is 1.43 bits per heavy atom. The molecule has 1 aliphatic heterocycles. The van der Waals surface area contributed by atoms with E-state index < -0.39 is 0 Å². The Morgan fingerprint density at radius 1 is 0.857 bits per heavy atom. The fourth-order valence-electron chi connectivity index (χ4n) is 2.72. The summed E-state index contributed by atoms with van der Waals surface area (Å²) in [6, 6.07) is 0. The van der Waals surface area contributed by atoms with E-state index >= 15 is 0 Å². The number of hydrogen-bond donors (Lipinski definition) is 0. The second kappa shape index (κ2) is 14.5. The zero-order chi connectivity index (χ0) is 14.5. The smallest absolute Gasteiger partial charge is 0.0935 e. The maximum atomic E-state index is 2.41. The van der Waals surface area contributed by atoms with Gasteiger partial charge in [-0.2, -0.15) is 0 Å². The molecule has 0 bridgehead atoms. The molecule has 0 atom stereocenters. The molecule has 0 amide bonds. The molecule has 21 heavy (non-hydrogen) atoms. The average Bonchev–Trinajstić information content (AvgIpc) is 2.89. The fraction of sp³-hybridized carbons (Fsp3) is 0.778. The Bertz CT molecular complexity index is 276. The van der Waals surface area contributed by atoms with Crippen LogP contribution in [0.2, 0.25) is 0 Å². The summed E-state index contributed by atoms with van der Waals surface area (Å²) in [4.78, 5) is 4.64. The Labute approximate surface area is 143 Å². The van der Waals surface area contributed by atoms with E-state index in [-0.39, 0.29) is 17.0 Å². The van der Waals surface area contributed by atoms with Gasteiger partial charge in [0.25, 0.3) is 0 Å². The standard InChI is InChI=1S/C18H34N2.BrH/c1-3-5-6-7-8-9-10-11-12-13-15-20-17-16-19(18-20)14-4-2;/h4,14,16-17H,3,5-13,15,18H2,1-2H3;1H. The van der Waals surface area contributed by atoms with Crippen LogP contribution in [0, 0.1) is 0 Å². The minimum atomic E-state index is 0. The Kier molecular flexibility index (Phi) is 14.2. The highest BCUT2D eigenvalue weighted by Crippen LogP contribution is 2.12. The van der Waals surface area contributed by atoms with Crippen LogP contribution in [0.3, 0.4) is 0 Å². The summed E-state index contributed by atoms with van der Waals surface area (Å²) in [5, 5.41) is 0. The van der Waals surface area contributed by atoms with Crippen molar-refractivity contribution in [2.45, 2.75) is 78.1 Å². The van der Waals surface area contributed by atoms with Gasteiger partial charge < -0.3 is 9.80 Å². The van der Waals surface area contributed by atoms with E-state index in [4.69, 9.17) is 0 Å². The molecule has 2 nitrogen and oxygen atoms in total. The van der Waals surface area contributed by atoms with Crippen LogP contribution in [0.4, 0.5) is 0 Å². The molecule has 0 saturated carbocycles. The van der Waals surface area contributed by atoms with Gasteiger partial charge in [0.1, 0.15) is 0 Å². The lowest BCUT2D eigenvalue weighted by molar-refractivity contribution is 0.307. The fourth-order valence-corrected chi connectivity index (χ4v) is 2.72. The molecule has 124 valence electrons. The van der Waals surface area contributed by atoms with Crippen LogP contribution >= 0.6 is 17.0 Å². The summed E-state index contributed by atoms with van der Waals surface area (Å²) < 4.78 is 0. The second-order valence-corrected chi connectivity index (χ2v) is 5.93. The van der Waals surface area contributed by atoms with Crippen LogP contribution in [0.15, 0.2) is 24.7 Å². The van der Waals surface area contributed by atoms with Gasteiger partial charge in [-0.3, -0.25) is 0 Å². The van der Waals surface area contributed by atoms with Crippen molar-refractivity contribution in [3.05, 3.63) is 24.7 Å². The third-order valence-corrected chi connectivity index (χ3v) is 3.95. The van der Waals surface area contributed by atoms with Crippen LogP contribution in [-0.4, -0.2) is 23.0 Å². The molecule has 0 unspecified atom stereocenters. The summed E-state index contributed by atoms with van der Waals surface area (Å²) >= 11 is 0.